The molecule has 0 saturated carbocycles. The first kappa shape index (κ1) is 12.0. The van der Waals surface area contributed by atoms with Crippen molar-refractivity contribution in [3.05, 3.63) is 54.7 Å². The monoisotopic (exact) mass is 265 g/mol. The molecule has 6 nitrogen and oxygen atoms in total. The lowest BCUT2D eigenvalue weighted by atomic mass is 10.1. The van der Waals surface area contributed by atoms with Crippen LogP contribution < -0.4 is 11.1 Å². The molecule has 98 valence electrons. The number of nitrogens with one attached hydrogen (secondary N) is 1. The van der Waals surface area contributed by atoms with Crippen LogP contribution in [0.2, 0.25) is 0 Å². The maximum Gasteiger partial charge on any atom is 0.275 e. The molecule has 0 saturated heterocycles. The summed E-state index contributed by atoms with van der Waals surface area (Å²) in [5.74, 6) is -0.154. The highest BCUT2D eigenvalue weighted by Crippen LogP contribution is 2.22. The molecule has 0 spiro atoms. The summed E-state index contributed by atoms with van der Waals surface area (Å²) < 4.78 is 0. The maximum atomic E-state index is 12.1. The topological polar surface area (TPSA) is 93.8 Å². The minimum absolute atomic E-state index is 0.172. The van der Waals surface area contributed by atoms with Crippen molar-refractivity contribution in [2.75, 3.05) is 11.1 Å². The Kier molecular flexibility index (Phi) is 2.96. The molecule has 20 heavy (non-hydrogen) atoms. The number of nitrogen functional groups attached to an aromatic ring is 1. The van der Waals surface area contributed by atoms with Gasteiger partial charge in [0.25, 0.3) is 5.91 Å². The van der Waals surface area contributed by atoms with E-state index in [0.717, 1.165) is 10.8 Å². The molecule has 0 fully saturated rings. The fraction of sp³-hybridized carbons (Fsp3) is 0. The number of carbonyl (C=O) groups is 1. The molecular formula is C14H11N5O. The number of hydrogen-bond acceptors (Lipinski definition) is 5. The van der Waals surface area contributed by atoms with E-state index in [1.807, 2.05) is 24.3 Å². The van der Waals surface area contributed by atoms with Crippen molar-refractivity contribution in [2.24, 2.45) is 0 Å². The number of aromatic nitrogens is 3. The predicted molar refractivity (Wildman–Crippen MR) is 76.1 cm³/mol. The summed E-state index contributed by atoms with van der Waals surface area (Å²) in [5.41, 5.74) is 6.36. The van der Waals surface area contributed by atoms with Crippen LogP contribution in [0.3, 0.4) is 0 Å². The van der Waals surface area contributed by atoms with Crippen LogP contribution in [0.4, 0.5) is 11.5 Å². The fourth-order valence-corrected chi connectivity index (χ4v) is 1.90. The minimum atomic E-state index is -0.360. The predicted octanol–water partition coefficient (Wildman–Crippen LogP) is 1.86. The third-order valence-corrected chi connectivity index (χ3v) is 2.82. The van der Waals surface area contributed by atoms with E-state index in [1.165, 1.54) is 12.4 Å². The normalized spacial score (nSPS) is 10.4. The Morgan fingerprint density at radius 2 is 2.00 bits per heavy atom. The first-order valence-electron chi connectivity index (χ1n) is 5.95. The molecule has 0 atom stereocenters. The Morgan fingerprint density at radius 1 is 1.10 bits per heavy atom. The molecule has 1 aromatic carbocycles. The van der Waals surface area contributed by atoms with Crippen LogP contribution in [0.5, 0.6) is 0 Å². The average Bonchev–Trinajstić information content (AvgIpc) is 2.47. The van der Waals surface area contributed by atoms with Gasteiger partial charge in [0.1, 0.15) is 11.5 Å². The highest BCUT2D eigenvalue weighted by Gasteiger charge is 2.10. The van der Waals surface area contributed by atoms with Gasteiger partial charge in [0.15, 0.2) is 0 Å². The third kappa shape index (κ3) is 2.26. The Labute approximate surface area is 114 Å². The standard InChI is InChI=1S/C14H11N5O/c15-13-8-17-7-12(18-13)14(20)19-11-3-1-2-9-4-5-16-6-10(9)11/h1-8H,(H2,15,18)(H,19,20). The number of fused-ring (bicyclic) bond motifs is 1. The van der Waals surface area contributed by atoms with Gasteiger partial charge in [-0.2, -0.15) is 0 Å². The Morgan fingerprint density at radius 3 is 2.85 bits per heavy atom. The van der Waals surface area contributed by atoms with Crippen molar-refractivity contribution in [1.29, 1.82) is 0 Å². The maximum absolute atomic E-state index is 12.1. The molecule has 6 heteroatoms. The van der Waals surface area contributed by atoms with Gasteiger partial charge < -0.3 is 11.1 Å². The first-order chi connectivity index (χ1) is 9.74. The zero-order valence-electron chi connectivity index (χ0n) is 10.4. The van der Waals surface area contributed by atoms with Crippen molar-refractivity contribution in [3.8, 4) is 0 Å². The molecule has 0 aliphatic rings. The van der Waals surface area contributed by atoms with Gasteiger partial charge in [0.2, 0.25) is 0 Å². The summed E-state index contributed by atoms with van der Waals surface area (Å²) in [6.45, 7) is 0. The number of hydrogen-bond donors (Lipinski definition) is 2. The number of nitrogens with two attached hydrogens (primary N) is 1. The van der Waals surface area contributed by atoms with Crippen molar-refractivity contribution in [1.82, 2.24) is 15.0 Å². The lowest BCUT2D eigenvalue weighted by Gasteiger charge is -2.07. The second-order valence-electron chi connectivity index (χ2n) is 4.19. The van der Waals surface area contributed by atoms with Crippen LogP contribution in [0.15, 0.2) is 49.1 Å². The lowest BCUT2D eigenvalue weighted by molar-refractivity contribution is 0.102. The van der Waals surface area contributed by atoms with Crippen LogP contribution in [0.25, 0.3) is 10.8 Å². The molecule has 0 unspecified atom stereocenters. The molecule has 0 radical (unpaired) electrons. The summed E-state index contributed by atoms with van der Waals surface area (Å²) in [7, 11) is 0. The van der Waals surface area contributed by atoms with Gasteiger partial charge in [-0.15, -0.1) is 0 Å². The summed E-state index contributed by atoms with van der Waals surface area (Å²) >= 11 is 0. The highest BCUT2D eigenvalue weighted by molar-refractivity contribution is 6.08. The van der Waals surface area contributed by atoms with Gasteiger partial charge in [0, 0.05) is 17.8 Å². The second-order valence-corrected chi connectivity index (χ2v) is 4.19. The number of benzene rings is 1. The number of pyridine rings is 1. The molecule has 0 aliphatic heterocycles. The molecular weight excluding hydrogens is 254 g/mol. The smallest absolute Gasteiger partial charge is 0.275 e. The van der Waals surface area contributed by atoms with E-state index in [-0.39, 0.29) is 17.4 Å². The first-order valence-corrected chi connectivity index (χ1v) is 5.95. The van der Waals surface area contributed by atoms with E-state index in [4.69, 9.17) is 5.73 Å². The lowest BCUT2D eigenvalue weighted by Crippen LogP contribution is -2.15. The van der Waals surface area contributed by atoms with E-state index in [1.54, 1.807) is 12.4 Å². The number of anilines is 2. The Bertz CT molecular complexity index is 782. The molecule has 2 aromatic heterocycles. The van der Waals surface area contributed by atoms with Crippen molar-refractivity contribution in [2.45, 2.75) is 0 Å². The largest absolute Gasteiger partial charge is 0.382 e. The van der Waals surface area contributed by atoms with E-state index in [2.05, 4.69) is 20.3 Å². The fourth-order valence-electron chi connectivity index (χ4n) is 1.90. The summed E-state index contributed by atoms with van der Waals surface area (Å²) in [6.07, 6.45) is 6.17. The quantitative estimate of drug-likeness (QED) is 0.737. The highest BCUT2D eigenvalue weighted by atomic mass is 16.1. The number of rotatable bonds is 2. The summed E-state index contributed by atoms with van der Waals surface area (Å²) in [6, 6.07) is 7.50. The van der Waals surface area contributed by atoms with Crippen LogP contribution in [-0.4, -0.2) is 20.9 Å². The number of amides is 1. The van der Waals surface area contributed by atoms with Crippen molar-refractivity contribution >= 4 is 28.2 Å². The zero-order valence-corrected chi connectivity index (χ0v) is 10.4. The molecule has 3 N–H and O–H groups in total. The third-order valence-electron chi connectivity index (χ3n) is 2.82. The molecule has 0 bridgehead atoms. The molecule has 2 heterocycles. The van der Waals surface area contributed by atoms with Crippen LogP contribution in [0.1, 0.15) is 10.5 Å². The Hall–Kier alpha value is -3.02. The van der Waals surface area contributed by atoms with Gasteiger partial charge in [-0.25, -0.2) is 4.98 Å². The van der Waals surface area contributed by atoms with Crippen molar-refractivity contribution in [3.63, 3.8) is 0 Å². The second kappa shape index (κ2) is 4.93. The zero-order chi connectivity index (χ0) is 13.9. The van der Waals surface area contributed by atoms with Gasteiger partial charge in [0.05, 0.1) is 18.1 Å². The number of nitrogens with zero attached hydrogens (tertiary/aromatic N) is 3. The van der Waals surface area contributed by atoms with Crippen molar-refractivity contribution < 1.29 is 4.79 Å². The van der Waals surface area contributed by atoms with Gasteiger partial charge >= 0.3 is 0 Å². The average molecular weight is 265 g/mol. The SMILES string of the molecule is Nc1cncc(C(=O)Nc2cccc3ccncc23)n1. The van der Waals surface area contributed by atoms with E-state index in [9.17, 15) is 4.79 Å². The molecule has 3 aromatic rings. The van der Waals surface area contributed by atoms with Gasteiger partial charge in [-0.3, -0.25) is 14.8 Å². The molecule has 0 aliphatic carbocycles. The van der Waals surface area contributed by atoms with Crippen LogP contribution in [-0.2, 0) is 0 Å². The van der Waals surface area contributed by atoms with Crippen LogP contribution >= 0.6 is 0 Å². The van der Waals surface area contributed by atoms with Gasteiger partial charge in [-0.1, -0.05) is 12.1 Å². The molecule has 3 rings (SSSR count). The van der Waals surface area contributed by atoms with Crippen LogP contribution in [0, 0.1) is 0 Å². The summed E-state index contributed by atoms with van der Waals surface area (Å²) in [5, 5.41) is 4.65. The minimum Gasteiger partial charge on any atom is -0.382 e. The summed E-state index contributed by atoms with van der Waals surface area (Å²) in [4.78, 5) is 24.0. The van der Waals surface area contributed by atoms with Gasteiger partial charge in [-0.05, 0) is 17.5 Å². The van der Waals surface area contributed by atoms with E-state index >= 15 is 0 Å². The van der Waals surface area contributed by atoms with E-state index < -0.39 is 0 Å². The van der Waals surface area contributed by atoms with E-state index in [0.29, 0.717) is 5.69 Å². The number of carbonyl (C=O) groups excluding carboxylic acids is 1. The molecule has 1 amide bonds. The Balaban J connectivity index is 1.95.